The fourth-order valence-electron chi connectivity index (χ4n) is 2.89. The van der Waals surface area contributed by atoms with Gasteiger partial charge >= 0.3 is 18.1 Å². The maximum Gasteiger partial charge on any atom is 0.471 e. The monoisotopic (exact) mass is 512 g/mol. The number of amides is 1. The van der Waals surface area contributed by atoms with Crippen LogP contribution in [0.3, 0.4) is 0 Å². The van der Waals surface area contributed by atoms with Crippen LogP contribution in [0.15, 0.2) is 34.8 Å². The van der Waals surface area contributed by atoms with Crippen LogP contribution in [0.4, 0.5) is 18.9 Å². The first-order chi connectivity index (χ1) is 14.0. The highest BCUT2D eigenvalue weighted by Gasteiger charge is 2.43. The zero-order chi connectivity index (χ0) is 22.5. The Balaban J connectivity index is 2.29. The average molecular weight is 513 g/mol. The summed E-state index contributed by atoms with van der Waals surface area (Å²) < 4.78 is 69.9. The van der Waals surface area contributed by atoms with Gasteiger partial charge in [0, 0.05) is 30.2 Å². The molecule has 1 fully saturated rings. The maximum absolute atomic E-state index is 13.0. The Bertz CT molecular complexity index is 928. The molecule has 30 heavy (non-hydrogen) atoms. The molecule has 1 aromatic carbocycles. The van der Waals surface area contributed by atoms with E-state index in [1.807, 2.05) is 0 Å². The topological polar surface area (TPSA) is 84.0 Å². The fourth-order valence-corrected chi connectivity index (χ4v) is 5.13. The van der Waals surface area contributed by atoms with Crippen LogP contribution in [0.25, 0.3) is 0 Å². The minimum atomic E-state index is -5.14. The molecular weight excluding hydrogens is 493 g/mol. The number of halogens is 4. The van der Waals surface area contributed by atoms with E-state index in [4.69, 9.17) is 0 Å². The normalized spacial score (nSPS) is 15.5. The van der Waals surface area contributed by atoms with E-state index in [1.165, 1.54) is 22.5 Å². The summed E-state index contributed by atoms with van der Waals surface area (Å²) in [5, 5.41) is 0. The predicted molar refractivity (Wildman–Crippen MR) is 107 cm³/mol. The van der Waals surface area contributed by atoms with Crippen LogP contribution >= 0.6 is 15.9 Å². The number of nitrogens with zero attached hydrogens (tertiary/aromatic N) is 2. The molecule has 0 radical (unpaired) electrons. The number of benzene rings is 1. The molecule has 0 unspecified atom stereocenters. The molecule has 166 valence electrons. The summed E-state index contributed by atoms with van der Waals surface area (Å²) in [6.07, 6.45) is -1.60. The fraction of sp³-hybridized carbons (Fsp3) is 0.444. The lowest BCUT2D eigenvalue weighted by Gasteiger charge is -2.24. The van der Waals surface area contributed by atoms with Crippen molar-refractivity contribution in [1.29, 1.82) is 0 Å². The third-order valence-electron chi connectivity index (χ3n) is 4.34. The summed E-state index contributed by atoms with van der Waals surface area (Å²) in [6.45, 7) is 0.349. The minimum absolute atomic E-state index is 0.112. The Kier molecular flexibility index (Phi) is 8.06. The molecule has 2 rings (SSSR count). The highest BCUT2D eigenvalue weighted by Crippen LogP contribution is 2.32. The molecule has 0 aromatic heterocycles. The molecule has 7 nitrogen and oxygen atoms in total. The van der Waals surface area contributed by atoms with Crippen molar-refractivity contribution in [3.63, 3.8) is 0 Å². The summed E-state index contributed by atoms with van der Waals surface area (Å²) in [6, 6.07) is 3.95. The molecule has 1 aliphatic rings. The minimum Gasteiger partial charge on any atom is -0.466 e. The Morgan fingerprint density at radius 3 is 2.43 bits per heavy atom. The number of rotatable bonds is 7. The van der Waals surface area contributed by atoms with Gasteiger partial charge in [0.2, 0.25) is 10.0 Å². The Labute approximate surface area is 180 Å². The van der Waals surface area contributed by atoms with Crippen molar-refractivity contribution < 1.29 is 35.9 Å². The van der Waals surface area contributed by atoms with Crippen molar-refractivity contribution in [2.45, 2.75) is 24.8 Å². The molecule has 1 aromatic rings. The van der Waals surface area contributed by atoms with E-state index in [0.717, 1.165) is 32.1 Å². The van der Waals surface area contributed by atoms with Crippen LogP contribution in [0.1, 0.15) is 18.4 Å². The Morgan fingerprint density at radius 2 is 1.90 bits per heavy atom. The number of methoxy groups -OCH3 is 1. The number of alkyl halides is 3. The second kappa shape index (κ2) is 9.92. The molecular formula is C18H20BrF3N2O5S. The molecule has 12 heteroatoms. The Morgan fingerprint density at radius 1 is 1.27 bits per heavy atom. The highest BCUT2D eigenvalue weighted by atomic mass is 79.9. The quantitative estimate of drug-likeness (QED) is 0.414. The van der Waals surface area contributed by atoms with Crippen LogP contribution in [0, 0.1) is 0 Å². The van der Waals surface area contributed by atoms with Crippen LogP contribution in [0.5, 0.6) is 0 Å². The van der Waals surface area contributed by atoms with Gasteiger partial charge in [0.25, 0.3) is 0 Å². The molecule has 0 spiro atoms. The molecule has 0 saturated carbocycles. The number of carbonyl (C=O) groups is 2. The second-order valence-corrected chi connectivity index (χ2v) is 9.31. The van der Waals surface area contributed by atoms with Gasteiger partial charge in [0.05, 0.1) is 18.6 Å². The molecule has 0 N–H and O–H groups in total. The van der Waals surface area contributed by atoms with E-state index in [2.05, 4.69) is 20.7 Å². The first-order valence-corrected chi connectivity index (χ1v) is 11.3. The van der Waals surface area contributed by atoms with Crippen molar-refractivity contribution in [1.82, 2.24) is 4.31 Å². The number of esters is 1. The van der Waals surface area contributed by atoms with E-state index < -0.39 is 34.6 Å². The number of sulfonamides is 1. The van der Waals surface area contributed by atoms with Gasteiger partial charge < -0.3 is 4.74 Å². The zero-order valence-corrected chi connectivity index (χ0v) is 18.4. The summed E-state index contributed by atoms with van der Waals surface area (Å²) in [5.74, 6) is -3.22. The lowest BCUT2D eigenvalue weighted by atomic mass is 10.2. The van der Waals surface area contributed by atoms with Crippen LogP contribution in [-0.4, -0.2) is 57.5 Å². The molecule has 1 saturated heterocycles. The third-order valence-corrected chi connectivity index (χ3v) is 6.83. The average Bonchev–Trinajstić information content (AvgIpc) is 3.20. The van der Waals surface area contributed by atoms with Gasteiger partial charge in [0.1, 0.15) is 0 Å². The standard InChI is InChI=1S/C18H20BrF3N2O5S/c1-29-16(25)5-4-10-24(17(26)18(20,21)22)15-7-6-13(11-14(15)19)12-30(27,28)23-8-2-3-9-23/h4-7,11H,2-3,8-10,12H2,1H3/b5-4-. The summed E-state index contributed by atoms with van der Waals surface area (Å²) in [7, 11) is -2.43. The second-order valence-electron chi connectivity index (χ2n) is 6.49. The number of hydrogen-bond donors (Lipinski definition) is 0. The first kappa shape index (κ1) is 24.4. The van der Waals surface area contributed by atoms with Crippen molar-refractivity contribution in [2.75, 3.05) is 31.6 Å². The number of hydrogen-bond acceptors (Lipinski definition) is 5. The molecule has 0 atom stereocenters. The Hall–Kier alpha value is -1.92. The van der Waals surface area contributed by atoms with Gasteiger partial charge in [-0.1, -0.05) is 12.1 Å². The van der Waals surface area contributed by atoms with Crippen molar-refractivity contribution >= 4 is 43.5 Å². The molecule has 0 bridgehead atoms. The summed E-state index contributed by atoms with van der Waals surface area (Å²) >= 11 is 3.12. The van der Waals surface area contributed by atoms with Crippen LogP contribution in [0.2, 0.25) is 0 Å². The van der Waals surface area contributed by atoms with Crippen molar-refractivity contribution in [2.24, 2.45) is 0 Å². The predicted octanol–water partition coefficient (Wildman–Crippen LogP) is 3.00. The van der Waals surface area contributed by atoms with Gasteiger partial charge in [0.15, 0.2) is 0 Å². The first-order valence-electron chi connectivity index (χ1n) is 8.85. The zero-order valence-electron chi connectivity index (χ0n) is 16.0. The summed E-state index contributed by atoms with van der Waals surface area (Å²) in [4.78, 5) is 23.5. The molecule has 1 heterocycles. The number of carbonyl (C=O) groups excluding carboxylic acids is 2. The van der Waals surface area contributed by atoms with E-state index in [-0.39, 0.29) is 15.9 Å². The highest BCUT2D eigenvalue weighted by molar-refractivity contribution is 9.10. The lowest BCUT2D eigenvalue weighted by Crippen LogP contribution is -2.41. The largest absolute Gasteiger partial charge is 0.471 e. The van der Waals surface area contributed by atoms with Gasteiger partial charge in [-0.2, -0.15) is 13.2 Å². The summed E-state index contributed by atoms with van der Waals surface area (Å²) in [5.41, 5.74) is 0.246. The molecule has 0 aliphatic carbocycles. The third kappa shape index (κ3) is 6.29. The van der Waals surface area contributed by atoms with E-state index in [9.17, 15) is 31.2 Å². The van der Waals surface area contributed by atoms with Gasteiger partial charge in [-0.25, -0.2) is 17.5 Å². The molecule has 1 amide bonds. The van der Waals surface area contributed by atoms with E-state index >= 15 is 0 Å². The van der Waals surface area contributed by atoms with E-state index in [0.29, 0.717) is 23.6 Å². The van der Waals surface area contributed by atoms with Gasteiger partial charge in [-0.3, -0.25) is 9.69 Å². The number of ether oxygens (including phenoxy) is 1. The van der Waals surface area contributed by atoms with Crippen molar-refractivity contribution in [3.8, 4) is 0 Å². The van der Waals surface area contributed by atoms with E-state index in [1.54, 1.807) is 0 Å². The van der Waals surface area contributed by atoms with Crippen LogP contribution < -0.4 is 4.90 Å². The SMILES string of the molecule is COC(=O)/C=C\CN(C(=O)C(F)(F)F)c1ccc(CS(=O)(=O)N2CCCC2)cc1Br. The molecule has 1 aliphatic heterocycles. The van der Waals surface area contributed by atoms with Crippen LogP contribution in [-0.2, 0) is 30.1 Å². The lowest BCUT2D eigenvalue weighted by molar-refractivity contribution is -0.170. The van der Waals surface area contributed by atoms with Gasteiger partial charge in [-0.05, 0) is 46.5 Å². The maximum atomic E-state index is 13.0. The number of anilines is 1. The van der Waals surface area contributed by atoms with Crippen molar-refractivity contribution in [3.05, 3.63) is 40.4 Å². The van der Waals surface area contributed by atoms with Gasteiger partial charge in [-0.15, -0.1) is 0 Å². The smallest absolute Gasteiger partial charge is 0.466 e.